The van der Waals surface area contributed by atoms with Crippen LogP contribution in [0.3, 0.4) is 0 Å². The van der Waals surface area contributed by atoms with Crippen LogP contribution in [0.5, 0.6) is 5.75 Å². The van der Waals surface area contributed by atoms with Gasteiger partial charge < -0.3 is 30.7 Å². The average Bonchev–Trinajstić information content (AvgIpc) is 4.11. The number of ether oxygens (including phenoxy) is 1. The molecular formula is C54H59ClFN9O6S2. The number of halogens is 2. The summed E-state index contributed by atoms with van der Waals surface area (Å²) in [4.78, 5) is 68.2. The van der Waals surface area contributed by atoms with Crippen molar-refractivity contribution in [1.29, 1.82) is 0 Å². The van der Waals surface area contributed by atoms with Crippen molar-refractivity contribution in [3.8, 4) is 21.2 Å². The van der Waals surface area contributed by atoms with E-state index in [-0.39, 0.29) is 37.6 Å². The molecule has 0 bridgehead atoms. The maximum Gasteiger partial charge on any atom is 0.246 e. The van der Waals surface area contributed by atoms with E-state index in [4.69, 9.17) is 21.3 Å². The van der Waals surface area contributed by atoms with Gasteiger partial charge in [0.1, 0.15) is 46.6 Å². The first kappa shape index (κ1) is 52.7. The molecule has 382 valence electrons. The molecule has 1 fully saturated rings. The number of amides is 4. The Kier molecular flexibility index (Phi) is 15.8. The van der Waals surface area contributed by atoms with Crippen LogP contribution in [-0.2, 0) is 19.2 Å². The Hall–Kier alpha value is -6.60. The number of β-amino-alcohol motifs (C(OH)–C–C–N with tert-alkyl or cyclic N) is 1. The number of hydrogen-bond acceptors (Lipinski definition) is 12. The van der Waals surface area contributed by atoms with Crippen LogP contribution in [0.1, 0.15) is 110 Å². The van der Waals surface area contributed by atoms with Crippen LogP contribution in [-0.4, -0.2) is 96.5 Å². The molecule has 3 aromatic carbocycles. The van der Waals surface area contributed by atoms with Crippen molar-refractivity contribution < 1.29 is 33.4 Å². The Bertz CT molecular complexity index is 3110. The fourth-order valence-corrected chi connectivity index (χ4v) is 11.2. The van der Waals surface area contributed by atoms with E-state index in [2.05, 4.69) is 45.0 Å². The van der Waals surface area contributed by atoms with Crippen molar-refractivity contribution in [2.24, 2.45) is 10.4 Å². The summed E-state index contributed by atoms with van der Waals surface area (Å²) in [7, 11) is 0. The van der Waals surface area contributed by atoms with Gasteiger partial charge in [-0.25, -0.2) is 9.37 Å². The van der Waals surface area contributed by atoms with E-state index in [1.165, 1.54) is 29.2 Å². The fourth-order valence-electron chi connectivity index (χ4n) is 9.04. The lowest BCUT2D eigenvalue weighted by atomic mass is 9.85. The monoisotopic (exact) mass is 1050 g/mol. The van der Waals surface area contributed by atoms with Crippen molar-refractivity contribution in [3.63, 3.8) is 0 Å². The Morgan fingerprint density at radius 3 is 2.37 bits per heavy atom. The number of aliphatic hydroxyl groups is 1. The quantitative estimate of drug-likeness (QED) is 0.0728. The average molecular weight is 1050 g/mol. The first-order chi connectivity index (χ1) is 34.6. The van der Waals surface area contributed by atoms with E-state index in [1.54, 1.807) is 61.9 Å². The summed E-state index contributed by atoms with van der Waals surface area (Å²) in [6.45, 7) is 16.9. The van der Waals surface area contributed by atoms with Crippen LogP contribution >= 0.6 is 34.3 Å². The molecular weight excluding hydrogens is 989 g/mol. The van der Waals surface area contributed by atoms with Gasteiger partial charge in [0.2, 0.25) is 23.6 Å². The second kappa shape index (κ2) is 21.9. The number of aromatic nitrogens is 4. The zero-order valence-corrected chi connectivity index (χ0v) is 44.5. The number of aliphatic imine (C=N–C) groups is 1. The molecule has 8 rings (SSSR count). The normalized spacial score (nSPS) is 17.8. The van der Waals surface area contributed by atoms with Gasteiger partial charge in [-0.05, 0) is 99.6 Å². The molecule has 3 aromatic heterocycles. The SMILES string of the molecule is Cc1ncsc1-c1ccc([C@H](C)NC(=O)[C@@H]2C[C@@H](O)CN2C(=O)[C@@H](NC(=O)/C=C/c2cc(F)cc(OC(C)CNC(=O)C[C@@H]3N=C(c4ccc(Cl)cc4)c4c(sc(C)c4C)-n4c(C)nnc43)c2)C(C)(C)C)cc1. The van der Waals surface area contributed by atoms with Crippen molar-refractivity contribution in [3.05, 3.63) is 139 Å². The van der Waals surface area contributed by atoms with Crippen molar-refractivity contribution in [1.82, 2.24) is 40.6 Å². The number of likely N-dealkylation sites (tertiary alicyclic amines) is 1. The Balaban J connectivity index is 0.882. The zero-order valence-electron chi connectivity index (χ0n) is 42.1. The number of hydrogen-bond donors (Lipinski definition) is 4. The van der Waals surface area contributed by atoms with Crippen LogP contribution in [0, 0.1) is 38.9 Å². The maximum absolute atomic E-state index is 15.0. The molecule has 0 radical (unpaired) electrons. The number of nitrogens with zero attached hydrogens (tertiary/aromatic N) is 6. The molecule has 15 nitrogen and oxygen atoms in total. The number of aliphatic hydroxyl groups excluding tert-OH is 1. The number of fused-ring (bicyclic) bond motifs is 3. The first-order valence-electron chi connectivity index (χ1n) is 24.0. The topological polar surface area (TPSA) is 193 Å². The minimum absolute atomic E-state index is 0.0341. The van der Waals surface area contributed by atoms with Crippen molar-refractivity contribution in [2.45, 2.75) is 112 Å². The van der Waals surface area contributed by atoms with E-state index < -0.39 is 65.3 Å². The summed E-state index contributed by atoms with van der Waals surface area (Å²) in [6.07, 6.45) is 1.06. The van der Waals surface area contributed by atoms with Crippen LogP contribution in [0.15, 0.2) is 83.3 Å². The molecule has 6 aromatic rings. The van der Waals surface area contributed by atoms with E-state index in [0.717, 1.165) is 54.0 Å². The third-order valence-corrected chi connectivity index (χ3v) is 15.4. The highest BCUT2D eigenvalue weighted by molar-refractivity contribution is 7.15. The number of thiazole rings is 1. The highest BCUT2D eigenvalue weighted by atomic mass is 35.5. The van der Waals surface area contributed by atoms with Crippen LogP contribution in [0.4, 0.5) is 4.39 Å². The standard InChI is InChI=1S/C54H59ClFN9O6S2/c1-28(25-57-45(68)24-42-50-63-62-33(6)65(50)53-46(29(2)32(5)73-53)47(60-42)36-15-17-38(55)18-16-36)71-41-21-34(20-39(56)22-41)10-19-44(67)61-49(54(7,8)9)52(70)64-26-40(66)23-43(64)51(69)59-30(3)35-11-13-37(14-12-35)48-31(4)58-27-72-48/h10-22,27-28,30,40,42-43,49,66H,23-26H2,1-9H3,(H,57,68)(H,59,69)(H,61,67)/b19-10+/t28?,30-,40+,42-,43-,49+/m0/s1. The Labute approximate surface area is 437 Å². The number of nitrogens with one attached hydrogen (secondary N) is 3. The molecule has 19 heteroatoms. The first-order valence-corrected chi connectivity index (χ1v) is 26.1. The van der Waals surface area contributed by atoms with E-state index in [9.17, 15) is 24.3 Å². The highest BCUT2D eigenvalue weighted by Crippen LogP contribution is 2.40. The molecule has 1 saturated heterocycles. The zero-order chi connectivity index (χ0) is 52.5. The predicted octanol–water partition coefficient (Wildman–Crippen LogP) is 8.73. The van der Waals surface area contributed by atoms with Gasteiger partial charge in [-0.1, -0.05) is 68.8 Å². The molecule has 5 heterocycles. The lowest BCUT2D eigenvalue weighted by Gasteiger charge is -2.35. The summed E-state index contributed by atoms with van der Waals surface area (Å²) in [5.41, 5.74) is 7.75. The van der Waals surface area contributed by atoms with E-state index in [0.29, 0.717) is 22.2 Å². The minimum Gasteiger partial charge on any atom is -0.489 e. The van der Waals surface area contributed by atoms with Gasteiger partial charge in [0, 0.05) is 46.1 Å². The lowest BCUT2D eigenvalue weighted by molar-refractivity contribution is -0.143. The smallest absolute Gasteiger partial charge is 0.246 e. The summed E-state index contributed by atoms with van der Waals surface area (Å²) >= 11 is 9.44. The number of carbonyl (C=O) groups excluding carboxylic acids is 4. The Morgan fingerprint density at radius 2 is 1.68 bits per heavy atom. The third-order valence-electron chi connectivity index (χ3n) is 13.0. The molecule has 0 spiro atoms. The largest absolute Gasteiger partial charge is 0.489 e. The predicted molar refractivity (Wildman–Crippen MR) is 283 cm³/mol. The molecule has 1 unspecified atom stereocenters. The number of aryl methyl sites for hydroxylation is 3. The van der Waals surface area contributed by atoms with Crippen LogP contribution in [0.2, 0.25) is 5.02 Å². The van der Waals surface area contributed by atoms with Gasteiger partial charge in [0.05, 0.1) is 46.9 Å². The van der Waals surface area contributed by atoms with Gasteiger partial charge in [-0.2, -0.15) is 0 Å². The molecule has 2 aliphatic heterocycles. The van der Waals surface area contributed by atoms with E-state index >= 15 is 4.39 Å². The summed E-state index contributed by atoms with van der Waals surface area (Å²) in [5, 5.41) is 29.8. The lowest BCUT2D eigenvalue weighted by Crippen LogP contribution is -2.57. The summed E-state index contributed by atoms with van der Waals surface area (Å²) in [6, 6.07) is 16.2. The molecule has 4 amide bonds. The van der Waals surface area contributed by atoms with Crippen molar-refractivity contribution >= 4 is 69.7 Å². The molecule has 2 aliphatic rings. The van der Waals surface area contributed by atoms with E-state index in [1.807, 2.05) is 73.9 Å². The summed E-state index contributed by atoms with van der Waals surface area (Å²) in [5.74, 6) is -1.10. The van der Waals surface area contributed by atoms with Gasteiger partial charge in [-0.3, -0.25) is 28.7 Å². The van der Waals surface area contributed by atoms with Gasteiger partial charge in [0.15, 0.2) is 5.82 Å². The molecule has 0 aliphatic carbocycles. The molecule has 6 atom stereocenters. The summed E-state index contributed by atoms with van der Waals surface area (Å²) < 4.78 is 23.1. The molecule has 0 saturated carbocycles. The van der Waals surface area contributed by atoms with Crippen molar-refractivity contribution in [2.75, 3.05) is 13.1 Å². The van der Waals surface area contributed by atoms with Gasteiger partial charge in [0.25, 0.3) is 0 Å². The number of thiophene rings is 1. The molecule has 73 heavy (non-hydrogen) atoms. The maximum atomic E-state index is 15.0. The fraction of sp³-hybridized carbons (Fsp3) is 0.370. The van der Waals surface area contributed by atoms with Crippen LogP contribution < -0.4 is 20.7 Å². The second-order valence-electron chi connectivity index (χ2n) is 19.7. The number of rotatable bonds is 15. The van der Waals surface area contributed by atoms with Gasteiger partial charge >= 0.3 is 0 Å². The minimum atomic E-state index is -1.09. The molecule has 4 N–H and O–H groups in total. The number of carbonyl (C=O) groups is 4. The highest BCUT2D eigenvalue weighted by Gasteiger charge is 2.45. The second-order valence-corrected chi connectivity index (χ2v) is 22.2. The third kappa shape index (κ3) is 11.9. The van der Waals surface area contributed by atoms with Gasteiger partial charge in [-0.15, -0.1) is 32.9 Å². The Morgan fingerprint density at radius 1 is 0.973 bits per heavy atom. The van der Waals surface area contributed by atoms with Crippen LogP contribution in [0.25, 0.3) is 21.5 Å². The number of benzene rings is 3.